The van der Waals surface area contributed by atoms with Gasteiger partial charge in [0.25, 0.3) is 0 Å². The van der Waals surface area contributed by atoms with Gasteiger partial charge >= 0.3 is 5.97 Å². The number of aryl methyl sites for hydroxylation is 2. The molecule has 0 aliphatic heterocycles. The first-order chi connectivity index (χ1) is 13.6. The van der Waals surface area contributed by atoms with Gasteiger partial charge in [0, 0.05) is 13.1 Å². The number of aliphatic carboxylic acids is 1. The first kappa shape index (κ1) is 21.7. The van der Waals surface area contributed by atoms with E-state index in [1.807, 2.05) is 12.1 Å². The number of carbonyl (C=O) groups is 1. The molecule has 0 bridgehead atoms. The molecule has 0 spiro atoms. The quantitative estimate of drug-likeness (QED) is 0.486. The largest absolute Gasteiger partial charge is 0.494 e. The van der Waals surface area contributed by atoms with Crippen LogP contribution in [0, 0.1) is 6.92 Å². The molecule has 0 heterocycles. The van der Waals surface area contributed by atoms with Crippen molar-refractivity contribution < 1.29 is 14.6 Å². The van der Waals surface area contributed by atoms with Crippen LogP contribution >= 0.6 is 0 Å². The van der Waals surface area contributed by atoms with Crippen molar-refractivity contribution in [2.24, 2.45) is 0 Å². The fourth-order valence-electron chi connectivity index (χ4n) is 2.93. The molecule has 0 saturated carbocycles. The van der Waals surface area contributed by atoms with Crippen LogP contribution in [0.1, 0.15) is 42.4 Å². The summed E-state index contributed by atoms with van der Waals surface area (Å²) in [7, 11) is 0. The number of ether oxygens (including phenoxy) is 1. The van der Waals surface area contributed by atoms with Crippen molar-refractivity contribution in [2.75, 3.05) is 19.7 Å². The highest BCUT2D eigenvalue weighted by atomic mass is 16.5. The summed E-state index contributed by atoms with van der Waals surface area (Å²) in [6.07, 6.45) is 8.76. The minimum absolute atomic E-state index is 0.144. The van der Waals surface area contributed by atoms with Gasteiger partial charge in [-0.1, -0.05) is 48.6 Å². The normalized spacial score (nSPS) is 11.0. The molecular weight excluding hydrogens is 350 g/mol. The molecule has 0 saturated heterocycles. The van der Waals surface area contributed by atoms with Gasteiger partial charge in [-0.3, -0.25) is 4.79 Å². The highest BCUT2D eigenvalue weighted by molar-refractivity contribution is 5.66. The second-order valence-electron chi connectivity index (χ2n) is 6.91. The summed E-state index contributed by atoms with van der Waals surface area (Å²) < 4.78 is 5.88. The molecule has 0 aliphatic carbocycles. The topological polar surface area (TPSA) is 58.6 Å². The van der Waals surface area contributed by atoms with Crippen molar-refractivity contribution in [3.63, 3.8) is 0 Å². The Morgan fingerprint density at radius 1 is 1.11 bits per heavy atom. The molecule has 4 nitrogen and oxygen atoms in total. The smallest absolute Gasteiger partial charge is 0.304 e. The summed E-state index contributed by atoms with van der Waals surface area (Å²) in [5, 5.41) is 11.7. The number of rotatable bonds is 13. The van der Waals surface area contributed by atoms with Crippen LogP contribution in [0.4, 0.5) is 0 Å². The van der Waals surface area contributed by atoms with Crippen LogP contribution < -0.4 is 10.1 Å². The lowest BCUT2D eigenvalue weighted by molar-refractivity contribution is -0.136. The first-order valence-corrected chi connectivity index (χ1v) is 10.0. The van der Waals surface area contributed by atoms with Gasteiger partial charge in [-0.05, 0) is 61.4 Å². The Balaban J connectivity index is 1.62. The SMILES string of the molecule is Cc1cc(OCCCCCc2ccccc2)ccc1C=CCNCCC(=O)O. The van der Waals surface area contributed by atoms with Gasteiger partial charge < -0.3 is 15.2 Å². The van der Waals surface area contributed by atoms with Crippen LogP contribution in [-0.2, 0) is 11.2 Å². The maximum absolute atomic E-state index is 10.4. The molecule has 2 rings (SSSR count). The third-order valence-electron chi connectivity index (χ3n) is 4.54. The van der Waals surface area contributed by atoms with Crippen molar-refractivity contribution in [2.45, 2.75) is 39.0 Å². The lowest BCUT2D eigenvalue weighted by atomic mass is 10.1. The molecular formula is C24H31NO3. The van der Waals surface area contributed by atoms with E-state index in [0.29, 0.717) is 13.1 Å². The average Bonchev–Trinajstić information content (AvgIpc) is 2.69. The number of hydrogen-bond acceptors (Lipinski definition) is 3. The third kappa shape index (κ3) is 8.87. The number of benzene rings is 2. The molecule has 0 atom stereocenters. The van der Waals surface area contributed by atoms with E-state index in [-0.39, 0.29) is 6.42 Å². The Morgan fingerprint density at radius 2 is 1.93 bits per heavy atom. The minimum Gasteiger partial charge on any atom is -0.494 e. The zero-order valence-corrected chi connectivity index (χ0v) is 16.7. The molecule has 4 heteroatoms. The van der Waals surface area contributed by atoms with Crippen molar-refractivity contribution in [1.82, 2.24) is 5.32 Å². The van der Waals surface area contributed by atoms with Crippen LogP contribution in [-0.4, -0.2) is 30.8 Å². The summed E-state index contributed by atoms with van der Waals surface area (Å²) in [6.45, 7) is 3.96. The molecule has 28 heavy (non-hydrogen) atoms. The first-order valence-electron chi connectivity index (χ1n) is 10.0. The van der Waals surface area contributed by atoms with Crippen molar-refractivity contribution in [3.05, 3.63) is 71.3 Å². The van der Waals surface area contributed by atoms with Gasteiger partial charge in [0.15, 0.2) is 0 Å². The van der Waals surface area contributed by atoms with Crippen LogP contribution in [0.2, 0.25) is 0 Å². The summed E-state index contributed by atoms with van der Waals surface area (Å²) in [5.74, 6) is 0.136. The molecule has 0 amide bonds. The van der Waals surface area contributed by atoms with E-state index in [1.54, 1.807) is 0 Å². The zero-order chi connectivity index (χ0) is 20.0. The Hall–Kier alpha value is -2.59. The maximum atomic E-state index is 10.4. The van der Waals surface area contributed by atoms with E-state index in [4.69, 9.17) is 9.84 Å². The minimum atomic E-state index is -0.779. The van der Waals surface area contributed by atoms with Crippen molar-refractivity contribution >= 4 is 12.0 Å². The third-order valence-corrected chi connectivity index (χ3v) is 4.54. The van der Waals surface area contributed by atoms with Crippen molar-refractivity contribution in [3.8, 4) is 5.75 Å². The Morgan fingerprint density at radius 3 is 2.68 bits per heavy atom. The van der Waals surface area contributed by atoms with E-state index in [2.05, 4.69) is 60.8 Å². The number of unbranched alkanes of at least 4 members (excludes halogenated alkanes) is 2. The predicted molar refractivity (Wildman–Crippen MR) is 115 cm³/mol. The molecule has 2 aromatic carbocycles. The highest BCUT2D eigenvalue weighted by Gasteiger charge is 2.00. The molecule has 2 N–H and O–H groups in total. The lowest BCUT2D eigenvalue weighted by Gasteiger charge is -2.09. The van der Waals surface area contributed by atoms with Crippen LogP contribution in [0.3, 0.4) is 0 Å². The number of nitrogens with one attached hydrogen (secondary N) is 1. The van der Waals surface area contributed by atoms with Gasteiger partial charge in [0.1, 0.15) is 5.75 Å². The van der Waals surface area contributed by atoms with Gasteiger partial charge in [0.05, 0.1) is 13.0 Å². The number of carboxylic acids is 1. The zero-order valence-electron chi connectivity index (χ0n) is 16.7. The molecule has 0 aliphatic rings. The van der Waals surface area contributed by atoms with Gasteiger partial charge in [0.2, 0.25) is 0 Å². The van der Waals surface area contributed by atoms with Gasteiger partial charge in [-0.15, -0.1) is 0 Å². The molecule has 0 aromatic heterocycles. The summed E-state index contributed by atoms with van der Waals surface area (Å²) in [5.41, 5.74) is 3.72. The van der Waals surface area contributed by atoms with Gasteiger partial charge in [-0.2, -0.15) is 0 Å². The highest BCUT2D eigenvalue weighted by Crippen LogP contribution is 2.19. The predicted octanol–water partition coefficient (Wildman–Crippen LogP) is 4.86. The Bertz CT molecular complexity index is 741. The van der Waals surface area contributed by atoms with E-state index in [0.717, 1.165) is 30.8 Å². The molecule has 0 unspecified atom stereocenters. The second-order valence-corrected chi connectivity index (χ2v) is 6.91. The average molecular weight is 382 g/mol. The Kier molecular flexibility index (Phi) is 9.87. The summed E-state index contributed by atoms with van der Waals surface area (Å²) in [6, 6.07) is 16.7. The van der Waals surface area contributed by atoms with E-state index in [9.17, 15) is 4.79 Å². The lowest BCUT2D eigenvalue weighted by Crippen LogP contribution is -2.17. The monoisotopic (exact) mass is 381 g/mol. The summed E-state index contributed by atoms with van der Waals surface area (Å²) in [4.78, 5) is 10.4. The molecule has 2 aromatic rings. The fourth-order valence-corrected chi connectivity index (χ4v) is 2.93. The van der Waals surface area contributed by atoms with Gasteiger partial charge in [-0.25, -0.2) is 0 Å². The van der Waals surface area contributed by atoms with Crippen molar-refractivity contribution in [1.29, 1.82) is 0 Å². The Labute approximate surface area is 168 Å². The molecule has 150 valence electrons. The molecule has 0 fully saturated rings. The number of hydrogen-bond donors (Lipinski definition) is 2. The maximum Gasteiger partial charge on any atom is 0.304 e. The van der Waals surface area contributed by atoms with E-state index < -0.39 is 5.97 Å². The second kappa shape index (κ2) is 12.7. The standard InChI is InChI=1S/C24H31NO3/c1-20-19-23(14-13-22(20)12-8-16-25-17-15-24(26)27)28-18-7-3-6-11-21-9-4-2-5-10-21/h2,4-5,8-10,12-14,19,25H,3,6-7,11,15-18H2,1H3,(H,26,27). The van der Waals surface area contributed by atoms with E-state index >= 15 is 0 Å². The van der Waals surface area contributed by atoms with Crippen LogP contribution in [0.15, 0.2) is 54.6 Å². The number of carboxylic acid groups (broad SMARTS) is 1. The molecule has 0 radical (unpaired) electrons. The fraction of sp³-hybridized carbons (Fsp3) is 0.375. The van der Waals surface area contributed by atoms with E-state index in [1.165, 1.54) is 24.0 Å². The summed E-state index contributed by atoms with van der Waals surface area (Å²) >= 11 is 0. The van der Waals surface area contributed by atoms with Crippen LogP contribution in [0.25, 0.3) is 6.08 Å². The van der Waals surface area contributed by atoms with Crippen LogP contribution in [0.5, 0.6) is 5.75 Å².